The molecule has 0 aliphatic rings. The van der Waals surface area contributed by atoms with Crippen LogP contribution in [0.4, 0.5) is 0 Å². The summed E-state index contributed by atoms with van der Waals surface area (Å²) >= 11 is 0. The summed E-state index contributed by atoms with van der Waals surface area (Å²) in [6.45, 7) is 0. The highest BCUT2D eigenvalue weighted by Crippen LogP contribution is 2.12. The fourth-order valence-electron chi connectivity index (χ4n) is 0.919. The topological polar surface area (TPSA) is 71.4 Å². The number of phenols is 1. The Labute approximate surface area is 85.5 Å². The van der Waals surface area contributed by atoms with Crippen molar-refractivity contribution in [1.29, 1.82) is 0 Å². The van der Waals surface area contributed by atoms with Crippen molar-refractivity contribution in [3.8, 4) is 5.75 Å². The lowest BCUT2D eigenvalue weighted by atomic mass is 10.1. The molecule has 0 heterocycles. The lowest BCUT2D eigenvalue weighted by Crippen LogP contribution is -2.11. The summed E-state index contributed by atoms with van der Waals surface area (Å²) in [5.74, 6) is -1.50. The number of carbonyl (C=O) groups excluding carboxylic acids is 1. The van der Waals surface area contributed by atoms with E-state index < -0.39 is 20.6 Å². The number of hydrogen-bond acceptors (Lipinski definition) is 4. The zero-order valence-electron chi connectivity index (χ0n) is 6.97. The fourth-order valence-corrected chi connectivity index (χ4v) is 1.70. The number of phenolic OH excluding ortho intramolecular Hbond substituents is 1. The average Bonchev–Trinajstić information content (AvgIpc) is 2.01. The molecule has 14 heavy (non-hydrogen) atoms. The van der Waals surface area contributed by atoms with Gasteiger partial charge in [-0.2, -0.15) is 0 Å². The molecule has 1 rings (SSSR count). The summed E-state index contributed by atoms with van der Waals surface area (Å²) in [5, 5.41) is 9.03. The van der Waals surface area contributed by atoms with Crippen molar-refractivity contribution in [3.63, 3.8) is 0 Å². The molecule has 6 heteroatoms. The third-order valence-corrected chi connectivity index (χ3v) is 2.41. The second-order valence-electron chi connectivity index (χ2n) is 2.66. The first kappa shape index (κ1) is 11.0. The molecule has 1 aromatic carbocycles. The Kier molecular flexibility index (Phi) is 3.13. The van der Waals surface area contributed by atoms with Gasteiger partial charge in [-0.15, -0.1) is 0 Å². The predicted octanol–water partition coefficient (Wildman–Crippen LogP) is 1.14. The van der Waals surface area contributed by atoms with Gasteiger partial charge in [-0.3, -0.25) is 4.79 Å². The Balaban J connectivity index is 2.91. The van der Waals surface area contributed by atoms with Crippen LogP contribution >= 0.6 is 10.7 Å². The second kappa shape index (κ2) is 3.98. The molecule has 1 N–H and O–H groups in total. The largest absolute Gasteiger partial charge is 0.508 e. The van der Waals surface area contributed by atoms with Gasteiger partial charge < -0.3 is 5.11 Å². The van der Waals surface area contributed by atoms with Crippen molar-refractivity contribution in [2.75, 3.05) is 5.75 Å². The van der Waals surface area contributed by atoms with E-state index in [-0.39, 0.29) is 11.3 Å². The molecule has 0 saturated heterocycles. The number of hydrogen-bond donors (Lipinski definition) is 1. The van der Waals surface area contributed by atoms with Gasteiger partial charge >= 0.3 is 0 Å². The normalized spacial score (nSPS) is 11.2. The average molecular weight is 235 g/mol. The van der Waals surface area contributed by atoms with Gasteiger partial charge in [-0.05, 0) is 12.1 Å². The van der Waals surface area contributed by atoms with Crippen molar-refractivity contribution >= 4 is 25.5 Å². The van der Waals surface area contributed by atoms with Gasteiger partial charge in [0.1, 0.15) is 11.5 Å². The van der Waals surface area contributed by atoms with E-state index in [1.54, 1.807) is 0 Å². The van der Waals surface area contributed by atoms with Crippen molar-refractivity contribution in [2.24, 2.45) is 0 Å². The van der Waals surface area contributed by atoms with Crippen LogP contribution in [0.2, 0.25) is 0 Å². The molecule has 0 unspecified atom stereocenters. The van der Waals surface area contributed by atoms with Gasteiger partial charge in [-0.25, -0.2) is 8.42 Å². The van der Waals surface area contributed by atoms with Crippen LogP contribution in [0.15, 0.2) is 24.3 Å². The maximum absolute atomic E-state index is 11.2. The Bertz CT molecular complexity index is 452. The Morgan fingerprint density at radius 2 is 2.07 bits per heavy atom. The van der Waals surface area contributed by atoms with Crippen molar-refractivity contribution in [1.82, 2.24) is 0 Å². The van der Waals surface area contributed by atoms with E-state index in [1.165, 1.54) is 24.3 Å². The Morgan fingerprint density at radius 3 is 2.57 bits per heavy atom. The third-order valence-electron chi connectivity index (χ3n) is 1.47. The lowest BCUT2D eigenvalue weighted by molar-refractivity contribution is 0.102. The van der Waals surface area contributed by atoms with Crippen LogP contribution < -0.4 is 0 Å². The standard InChI is InChI=1S/C8H7ClO4S/c9-14(12,13)5-8(11)6-2-1-3-7(10)4-6/h1-4,10H,5H2. The maximum atomic E-state index is 11.2. The number of carbonyl (C=O) groups is 1. The first-order valence-corrected chi connectivity index (χ1v) is 6.11. The minimum Gasteiger partial charge on any atom is -0.508 e. The molecule has 0 amide bonds. The van der Waals surface area contributed by atoms with Crippen molar-refractivity contribution in [2.45, 2.75) is 0 Å². The molecule has 0 aliphatic heterocycles. The Hall–Kier alpha value is -1.07. The molecule has 0 spiro atoms. The number of rotatable bonds is 3. The molecule has 4 nitrogen and oxygen atoms in total. The SMILES string of the molecule is O=C(CS(=O)(=O)Cl)c1cccc(O)c1. The molecule has 1 aromatic rings. The first-order chi connectivity index (χ1) is 6.38. The molecule has 0 radical (unpaired) electrons. The monoisotopic (exact) mass is 234 g/mol. The first-order valence-electron chi connectivity index (χ1n) is 3.63. The van der Waals surface area contributed by atoms with E-state index in [0.29, 0.717) is 0 Å². The minimum atomic E-state index is -3.84. The smallest absolute Gasteiger partial charge is 0.240 e. The Morgan fingerprint density at radius 1 is 1.43 bits per heavy atom. The van der Waals surface area contributed by atoms with E-state index in [4.69, 9.17) is 15.8 Å². The lowest BCUT2D eigenvalue weighted by Gasteiger charge is -1.98. The van der Waals surface area contributed by atoms with Gasteiger partial charge in [0.25, 0.3) is 0 Å². The predicted molar refractivity (Wildman–Crippen MR) is 52.1 cm³/mol. The minimum absolute atomic E-state index is 0.0946. The zero-order valence-corrected chi connectivity index (χ0v) is 8.55. The van der Waals surface area contributed by atoms with E-state index in [0.717, 1.165) is 0 Å². The van der Waals surface area contributed by atoms with Gasteiger partial charge in [0.05, 0.1) is 0 Å². The number of halogens is 1. The molecular weight excluding hydrogens is 228 g/mol. The van der Waals surface area contributed by atoms with Crippen LogP contribution in [0, 0.1) is 0 Å². The van der Waals surface area contributed by atoms with Crippen LogP contribution in [0.1, 0.15) is 10.4 Å². The molecule has 0 bridgehead atoms. The van der Waals surface area contributed by atoms with Crippen LogP contribution in [-0.2, 0) is 9.05 Å². The van der Waals surface area contributed by atoms with Crippen molar-refractivity contribution < 1.29 is 18.3 Å². The van der Waals surface area contributed by atoms with E-state index in [9.17, 15) is 13.2 Å². The van der Waals surface area contributed by atoms with Crippen LogP contribution in [0.25, 0.3) is 0 Å². The van der Waals surface area contributed by atoms with Gasteiger partial charge in [0.2, 0.25) is 9.05 Å². The number of aromatic hydroxyl groups is 1. The molecule has 0 aliphatic carbocycles. The van der Waals surface area contributed by atoms with Gasteiger partial charge in [0, 0.05) is 16.2 Å². The fraction of sp³-hybridized carbons (Fsp3) is 0.125. The molecular formula is C8H7ClO4S. The highest BCUT2D eigenvalue weighted by molar-refractivity contribution is 8.14. The van der Waals surface area contributed by atoms with Gasteiger partial charge in [-0.1, -0.05) is 12.1 Å². The van der Waals surface area contributed by atoms with Crippen molar-refractivity contribution in [3.05, 3.63) is 29.8 Å². The highest BCUT2D eigenvalue weighted by Gasteiger charge is 2.15. The maximum Gasteiger partial charge on any atom is 0.240 e. The molecule has 0 saturated carbocycles. The van der Waals surface area contributed by atoms with E-state index in [1.807, 2.05) is 0 Å². The van der Waals surface area contributed by atoms with Crippen LogP contribution in [-0.4, -0.2) is 25.1 Å². The molecule has 0 aromatic heterocycles. The highest BCUT2D eigenvalue weighted by atomic mass is 35.7. The quantitative estimate of drug-likeness (QED) is 0.629. The molecule has 0 atom stereocenters. The van der Waals surface area contributed by atoms with Crippen LogP contribution in [0.5, 0.6) is 5.75 Å². The third kappa shape index (κ3) is 3.35. The second-order valence-corrected chi connectivity index (χ2v) is 5.43. The van der Waals surface area contributed by atoms with E-state index in [2.05, 4.69) is 0 Å². The van der Waals surface area contributed by atoms with Gasteiger partial charge in [0.15, 0.2) is 5.78 Å². The summed E-state index contributed by atoms with van der Waals surface area (Å²) in [4.78, 5) is 11.2. The zero-order chi connectivity index (χ0) is 10.8. The molecule has 76 valence electrons. The summed E-state index contributed by atoms with van der Waals surface area (Å²) in [6, 6.07) is 5.42. The summed E-state index contributed by atoms with van der Waals surface area (Å²) in [6.07, 6.45) is 0. The molecule has 0 fully saturated rings. The van der Waals surface area contributed by atoms with E-state index >= 15 is 0 Å². The summed E-state index contributed by atoms with van der Waals surface area (Å²) in [5.41, 5.74) is 0.120. The number of ketones is 1. The summed E-state index contributed by atoms with van der Waals surface area (Å²) in [7, 11) is 1.06. The number of benzene rings is 1. The van der Waals surface area contributed by atoms with Crippen LogP contribution in [0.3, 0.4) is 0 Å². The number of Topliss-reactive ketones (excluding diaryl/α,β-unsaturated/α-hetero) is 1. The summed E-state index contributed by atoms with van der Waals surface area (Å²) < 4.78 is 21.2.